The molecule has 0 radical (unpaired) electrons. The van der Waals surface area contributed by atoms with Crippen LogP contribution in [0.15, 0.2) is 12.3 Å². The van der Waals surface area contributed by atoms with Crippen molar-refractivity contribution in [1.29, 1.82) is 0 Å². The molecule has 0 N–H and O–H groups in total. The number of hydrogen-bond acceptors (Lipinski definition) is 3. The number of carbonyl (C=O) groups excluding carboxylic acids is 1. The van der Waals surface area contributed by atoms with Gasteiger partial charge in [0.25, 0.3) is 0 Å². The van der Waals surface area contributed by atoms with Gasteiger partial charge in [-0.25, -0.2) is 4.79 Å². The van der Waals surface area contributed by atoms with E-state index in [2.05, 4.69) is 23.5 Å². The van der Waals surface area contributed by atoms with Gasteiger partial charge in [-0.1, -0.05) is 6.92 Å². The summed E-state index contributed by atoms with van der Waals surface area (Å²) in [5, 5.41) is 0. The maximum Gasteiger partial charge on any atom is 0.331 e. The van der Waals surface area contributed by atoms with Gasteiger partial charge in [0.05, 0.1) is 7.11 Å². The van der Waals surface area contributed by atoms with Crippen molar-refractivity contribution in [2.45, 2.75) is 32.7 Å². The molecule has 1 saturated heterocycles. The predicted molar refractivity (Wildman–Crippen MR) is 55.7 cm³/mol. The zero-order valence-corrected chi connectivity index (χ0v) is 9.19. The Hall–Kier alpha value is -0.990. The van der Waals surface area contributed by atoms with Crippen molar-refractivity contribution < 1.29 is 9.53 Å². The molecule has 2 unspecified atom stereocenters. The van der Waals surface area contributed by atoms with Gasteiger partial charge in [0, 0.05) is 24.9 Å². The van der Waals surface area contributed by atoms with Crippen LogP contribution in [-0.4, -0.2) is 30.6 Å². The lowest BCUT2D eigenvalue weighted by atomic mass is 9.94. The van der Waals surface area contributed by atoms with E-state index in [-0.39, 0.29) is 5.97 Å². The lowest BCUT2D eigenvalue weighted by Gasteiger charge is -2.35. The molecule has 0 aromatic rings. The van der Waals surface area contributed by atoms with Gasteiger partial charge in [-0.05, 0) is 25.7 Å². The van der Waals surface area contributed by atoms with E-state index in [9.17, 15) is 4.79 Å². The number of rotatable bonds is 2. The van der Waals surface area contributed by atoms with Crippen molar-refractivity contribution in [3.05, 3.63) is 12.3 Å². The third-order valence-electron chi connectivity index (χ3n) is 2.79. The molecule has 80 valence electrons. The van der Waals surface area contributed by atoms with Crippen molar-refractivity contribution in [1.82, 2.24) is 4.90 Å². The van der Waals surface area contributed by atoms with Crippen molar-refractivity contribution in [2.75, 3.05) is 13.7 Å². The van der Waals surface area contributed by atoms with Gasteiger partial charge in [-0.2, -0.15) is 0 Å². The first kappa shape index (κ1) is 11.1. The van der Waals surface area contributed by atoms with Crippen LogP contribution in [0.1, 0.15) is 26.7 Å². The van der Waals surface area contributed by atoms with Crippen LogP contribution in [-0.2, 0) is 9.53 Å². The molecule has 3 heteroatoms. The highest BCUT2D eigenvalue weighted by atomic mass is 16.5. The van der Waals surface area contributed by atoms with Gasteiger partial charge in [0.2, 0.25) is 0 Å². The zero-order valence-electron chi connectivity index (χ0n) is 9.19. The first-order valence-corrected chi connectivity index (χ1v) is 5.15. The summed E-state index contributed by atoms with van der Waals surface area (Å²) in [6.07, 6.45) is 5.75. The molecule has 0 bridgehead atoms. The summed E-state index contributed by atoms with van der Waals surface area (Å²) in [7, 11) is 1.40. The van der Waals surface area contributed by atoms with Crippen LogP contribution in [0.2, 0.25) is 0 Å². The Labute approximate surface area is 85.7 Å². The summed E-state index contributed by atoms with van der Waals surface area (Å²) in [5.41, 5.74) is 0. The van der Waals surface area contributed by atoms with Crippen LogP contribution in [0.5, 0.6) is 0 Å². The van der Waals surface area contributed by atoms with E-state index in [1.54, 1.807) is 0 Å². The molecule has 1 aliphatic rings. The monoisotopic (exact) mass is 197 g/mol. The first-order chi connectivity index (χ1) is 6.63. The van der Waals surface area contributed by atoms with Crippen LogP contribution >= 0.6 is 0 Å². The van der Waals surface area contributed by atoms with Crippen LogP contribution < -0.4 is 0 Å². The summed E-state index contributed by atoms with van der Waals surface area (Å²) in [5.74, 6) is 0.517. The van der Waals surface area contributed by atoms with Crippen LogP contribution in [0.3, 0.4) is 0 Å². The lowest BCUT2D eigenvalue weighted by Crippen LogP contribution is -2.36. The highest BCUT2D eigenvalue weighted by Gasteiger charge is 2.19. The fourth-order valence-corrected chi connectivity index (χ4v) is 1.87. The van der Waals surface area contributed by atoms with E-state index in [1.165, 1.54) is 26.0 Å². The summed E-state index contributed by atoms with van der Waals surface area (Å²) < 4.78 is 4.55. The van der Waals surface area contributed by atoms with E-state index in [0.29, 0.717) is 6.04 Å². The predicted octanol–water partition coefficient (Wildman–Crippen LogP) is 1.79. The summed E-state index contributed by atoms with van der Waals surface area (Å²) >= 11 is 0. The second kappa shape index (κ2) is 5.03. The molecule has 0 amide bonds. The number of ether oxygens (including phenoxy) is 1. The number of methoxy groups -OCH3 is 1. The van der Waals surface area contributed by atoms with Crippen molar-refractivity contribution >= 4 is 5.97 Å². The molecular weight excluding hydrogens is 178 g/mol. The average molecular weight is 197 g/mol. The maximum absolute atomic E-state index is 10.9. The van der Waals surface area contributed by atoms with Gasteiger partial charge in [-0.3, -0.25) is 0 Å². The third-order valence-corrected chi connectivity index (χ3v) is 2.79. The number of hydrogen-bond donors (Lipinski definition) is 0. The fraction of sp³-hybridized carbons (Fsp3) is 0.727. The van der Waals surface area contributed by atoms with Gasteiger partial charge in [-0.15, -0.1) is 0 Å². The SMILES string of the molecule is COC(=O)C=CN1CCC(C)CC1C. The summed E-state index contributed by atoms with van der Waals surface area (Å²) in [4.78, 5) is 13.1. The molecule has 3 nitrogen and oxygen atoms in total. The van der Waals surface area contributed by atoms with Gasteiger partial charge >= 0.3 is 5.97 Å². The highest BCUT2D eigenvalue weighted by Crippen LogP contribution is 2.21. The van der Waals surface area contributed by atoms with E-state index >= 15 is 0 Å². The van der Waals surface area contributed by atoms with Gasteiger partial charge in [0.15, 0.2) is 0 Å². The molecule has 1 fully saturated rings. The summed E-state index contributed by atoms with van der Waals surface area (Å²) in [6.45, 7) is 5.50. The number of piperidine rings is 1. The van der Waals surface area contributed by atoms with Crippen molar-refractivity contribution in [3.63, 3.8) is 0 Å². The molecule has 14 heavy (non-hydrogen) atoms. The summed E-state index contributed by atoms with van der Waals surface area (Å²) in [6, 6.07) is 0.527. The smallest absolute Gasteiger partial charge is 0.331 e. The molecule has 0 aliphatic carbocycles. The minimum absolute atomic E-state index is 0.282. The molecule has 1 heterocycles. The van der Waals surface area contributed by atoms with Gasteiger partial charge in [0.1, 0.15) is 0 Å². The zero-order chi connectivity index (χ0) is 10.6. The molecule has 2 atom stereocenters. The largest absolute Gasteiger partial charge is 0.466 e. The number of nitrogens with zero attached hydrogens (tertiary/aromatic N) is 1. The second-order valence-electron chi connectivity index (χ2n) is 4.06. The second-order valence-corrected chi connectivity index (χ2v) is 4.06. The average Bonchev–Trinajstić information content (AvgIpc) is 2.16. The van der Waals surface area contributed by atoms with E-state index < -0.39 is 0 Å². The molecule has 0 aromatic carbocycles. The molecule has 0 saturated carbocycles. The van der Waals surface area contributed by atoms with E-state index in [1.807, 2.05) is 6.20 Å². The molecule has 0 aromatic heterocycles. The Morgan fingerprint density at radius 1 is 1.50 bits per heavy atom. The maximum atomic E-state index is 10.9. The fourth-order valence-electron chi connectivity index (χ4n) is 1.87. The number of esters is 1. The topological polar surface area (TPSA) is 29.5 Å². The third kappa shape index (κ3) is 3.05. The normalized spacial score (nSPS) is 28.1. The molecular formula is C11H19NO2. The number of likely N-dealkylation sites (tertiary alicyclic amines) is 1. The molecule has 1 rings (SSSR count). The van der Waals surface area contributed by atoms with Crippen LogP contribution in [0.25, 0.3) is 0 Å². The van der Waals surface area contributed by atoms with Crippen LogP contribution in [0.4, 0.5) is 0 Å². The standard InChI is InChI=1S/C11H19NO2/c1-9-4-6-12(10(2)8-9)7-5-11(13)14-3/h5,7,9-10H,4,6,8H2,1-3H3. The Kier molecular flexibility index (Phi) is 3.98. The van der Waals surface area contributed by atoms with Crippen molar-refractivity contribution in [3.8, 4) is 0 Å². The Balaban J connectivity index is 2.45. The lowest BCUT2D eigenvalue weighted by molar-refractivity contribution is -0.134. The van der Waals surface area contributed by atoms with Gasteiger partial charge < -0.3 is 9.64 Å². The highest BCUT2D eigenvalue weighted by molar-refractivity contribution is 5.81. The van der Waals surface area contributed by atoms with E-state index in [4.69, 9.17) is 0 Å². The first-order valence-electron chi connectivity index (χ1n) is 5.15. The van der Waals surface area contributed by atoms with Crippen LogP contribution in [0, 0.1) is 5.92 Å². The Morgan fingerprint density at radius 2 is 2.21 bits per heavy atom. The molecule has 1 aliphatic heterocycles. The minimum Gasteiger partial charge on any atom is -0.466 e. The van der Waals surface area contributed by atoms with Crippen molar-refractivity contribution in [2.24, 2.45) is 5.92 Å². The number of carbonyl (C=O) groups is 1. The molecule has 0 spiro atoms. The Morgan fingerprint density at radius 3 is 2.79 bits per heavy atom. The Bertz CT molecular complexity index is 225. The van der Waals surface area contributed by atoms with E-state index in [0.717, 1.165) is 12.5 Å². The quantitative estimate of drug-likeness (QED) is 0.499. The minimum atomic E-state index is -0.282.